The largest absolute Gasteiger partial charge is 0.344 e. The zero-order valence-electron chi connectivity index (χ0n) is 13.4. The summed E-state index contributed by atoms with van der Waals surface area (Å²) in [4.78, 5) is 43.0. The van der Waals surface area contributed by atoms with Crippen molar-refractivity contribution in [1.29, 1.82) is 0 Å². The summed E-state index contributed by atoms with van der Waals surface area (Å²) in [5, 5.41) is 1.86. The van der Waals surface area contributed by atoms with Gasteiger partial charge in [0.25, 0.3) is 5.91 Å². The Bertz CT molecular complexity index is 616. The highest BCUT2D eigenvalue weighted by molar-refractivity contribution is 7.12. The van der Waals surface area contributed by atoms with Crippen LogP contribution in [-0.2, 0) is 9.59 Å². The van der Waals surface area contributed by atoms with E-state index in [2.05, 4.69) is 0 Å². The van der Waals surface area contributed by atoms with Gasteiger partial charge in [-0.05, 0) is 30.7 Å². The Kier molecular flexibility index (Phi) is 4.39. The first kappa shape index (κ1) is 16.0. The van der Waals surface area contributed by atoms with E-state index in [1.165, 1.54) is 16.2 Å². The van der Waals surface area contributed by atoms with Gasteiger partial charge in [0.15, 0.2) is 0 Å². The first-order valence-electron chi connectivity index (χ1n) is 7.87. The van der Waals surface area contributed by atoms with E-state index in [9.17, 15) is 14.4 Å². The molecule has 3 rings (SSSR count). The van der Waals surface area contributed by atoms with Crippen molar-refractivity contribution in [3.8, 4) is 0 Å². The molecule has 2 atom stereocenters. The minimum absolute atomic E-state index is 0.0185. The molecule has 0 saturated carbocycles. The van der Waals surface area contributed by atoms with Crippen LogP contribution in [0.3, 0.4) is 0 Å². The number of rotatable bonds is 3. The second-order valence-corrected chi connectivity index (χ2v) is 7.09. The summed E-state index contributed by atoms with van der Waals surface area (Å²) >= 11 is 1.39. The fraction of sp³-hybridized carbons (Fsp3) is 0.562. The molecule has 1 aromatic rings. The van der Waals surface area contributed by atoms with E-state index in [0.29, 0.717) is 30.8 Å². The zero-order chi connectivity index (χ0) is 16.6. The van der Waals surface area contributed by atoms with Crippen molar-refractivity contribution in [2.75, 3.05) is 27.2 Å². The molecule has 1 unspecified atom stereocenters. The lowest BCUT2D eigenvalue weighted by Crippen LogP contribution is -2.51. The molecular weight excluding hydrogens is 314 g/mol. The van der Waals surface area contributed by atoms with Crippen LogP contribution in [0.5, 0.6) is 0 Å². The molecule has 0 bridgehead atoms. The number of thiophene rings is 1. The molecule has 0 radical (unpaired) electrons. The van der Waals surface area contributed by atoms with Gasteiger partial charge in [-0.25, -0.2) is 0 Å². The molecule has 2 aliphatic rings. The number of likely N-dealkylation sites (N-methyl/N-ethyl adjacent to an activating group) is 2. The van der Waals surface area contributed by atoms with Crippen molar-refractivity contribution in [3.63, 3.8) is 0 Å². The summed E-state index contributed by atoms with van der Waals surface area (Å²) in [5.74, 6) is -0.227. The van der Waals surface area contributed by atoms with Crippen LogP contribution in [0.2, 0.25) is 0 Å². The standard InChI is InChI=1S/C16H21N3O3S/c1-17-9-7-11(14(17)20)18(2)15(21)12-5-3-8-19(12)16(22)13-6-4-10-23-13/h4,6,10-12H,3,5,7-9H2,1-2H3/t11?,12-/m0/s1. The molecule has 6 nitrogen and oxygen atoms in total. The van der Waals surface area contributed by atoms with Gasteiger partial charge in [0, 0.05) is 27.2 Å². The summed E-state index contributed by atoms with van der Waals surface area (Å²) in [6.07, 6.45) is 2.14. The van der Waals surface area contributed by atoms with Crippen molar-refractivity contribution in [1.82, 2.24) is 14.7 Å². The molecule has 3 heterocycles. The molecule has 2 fully saturated rings. The maximum atomic E-state index is 12.8. The monoisotopic (exact) mass is 335 g/mol. The van der Waals surface area contributed by atoms with Crippen molar-refractivity contribution in [2.45, 2.75) is 31.3 Å². The number of nitrogens with zero attached hydrogens (tertiary/aromatic N) is 3. The van der Waals surface area contributed by atoms with Crippen molar-refractivity contribution < 1.29 is 14.4 Å². The Morgan fingerprint density at radius 3 is 2.70 bits per heavy atom. The van der Waals surface area contributed by atoms with E-state index in [-0.39, 0.29) is 17.7 Å². The minimum Gasteiger partial charge on any atom is -0.344 e. The Labute approximate surface area is 139 Å². The van der Waals surface area contributed by atoms with Gasteiger partial charge in [0.2, 0.25) is 11.8 Å². The van der Waals surface area contributed by atoms with Gasteiger partial charge >= 0.3 is 0 Å². The maximum absolute atomic E-state index is 12.8. The molecule has 7 heteroatoms. The number of hydrogen-bond donors (Lipinski definition) is 0. The zero-order valence-corrected chi connectivity index (χ0v) is 14.2. The first-order chi connectivity index (χ1) is 11.0. The lowest BCUT2D eigenvalue weighted by molar-refractivity contribution is -0.142. The van der Waals surface area contributed by atoms with Gasteiger partial charge in [-0.2, -0.15) is 0 Å². The first-order valence-corrected chi connectivity index (χ1v) is 8.75. The van der Waals surface area contributed by atoms with Gasteiger partial charge in [-0.3, -0.25) is 14.4 Å². The second kappa shape index (κ2) is 6.31. The fourth-order valence-electron chi connectivity index (χ4n) is 3.36. The van der Waals surface area contributed by atoms with Gasteiger partial charge < -0.3 is 14.7 Å². The Balaban J connectivity index is 1.73. The second-order valence-electron chi connectivity index (χ2n) is 6.15. The third kappa shape index (κ3) is 2.85. The van der Waals surface area contributed by atoms with Crippen molar-refractivity contribution >= 4 is 29.1 Å². The summed E-state index contributed by atoms with van der Waals surface area (Å²) < 4.78 is 0. The molecule has 1 aromatic heterocycles. The Morgan fingerprint density at radius 1 is 1.30 bits per heavy atom. The quantitative estimate of drug-likeness (QED) is 0.829. The van der Waals surface area contributed by atoms with Crippen LogP contribution in [0.25, 0.3) is 0 Å². The summed E-state index contributed by atoms with van der Waals surface area (Å²) in [7, 11) is 3.43. The van der Waals surface area contributed by atoms with E-state index in [0.717, 1.165) is 6.42 Å². The third-order valence-electron chi connectivity index (χ3n) is 4.75. The van der Waals surface area contributed by atoms with Gasteiger partial charge in [0.1, 0.15) is 12.1 Å². The number of amides is 3. The molecule has 23 heavy (non-hydrogen) atoms. The molecule has 0 aromatic carbocycles. The van der Waals surface area contributed by atoms with Gasteiger partial charge in [-0.1, -0.05) is 6.07 Å². The number of hydrogen-bond acceptors (Lipinski definition) is 4. The smallest absolute Gasteiger partial charge is 0.264 e. The predicted molar refractivity (Wildman–Crippen MR) is 87.2 cm³/mol. The molecule has 0 spiro atoms. The average Bonchev–Trinajstić information content (AvgIpc) is 3.27. The lowest BCUT2D eigenvalue weighted by atomic mass is 10.1. The summed E-state index contributed by atoms with van der Waals surface area (Å²) in [6, 6.07) is 2.77. The highest BCUT2D eigenvalue weighted by atomic mass is 32.1. The van der Waals surface area contributed by atoms with Crippen LogP contribution in [-0.4, -0.2) is 71.7 Å². The SMILES string of the molecule is CN1CCC(N(C)C(=O)[C@@H]2CCCN2C(=O)c2cccs2)C1=O. The van der Waals surface area contributed by atoms with E-state index >= 15 is 0 Å². The third-order valence-corrected chi connectivity index (χ3v) is 5.60. The van der Waals surface area contributed by atoms with Gasteiger partial charge in [-0.15, -0.1) is 11.3 Å². The topological polar surface area (TPSA) is 60.9 Å². The van der Waals surface area contributed by atoms with Crippen molar-refractivity contribution in [3.05, 3.63) is 22.4 Å². The molecule has 0 N–H and O–H groups in total. The van der Waals surface area contributed by atoms with E-state index in [1.54, 1.807) is 30.0 Å². The Hall–Kier alpha value is -1.89. The van der Waals surface area contributed by atoms with Crippen LogP contribution in [0, 0.1) is 0 Å². The predicted octanol–water partition coefficient (Wildman–Crippen LogP) is 1.04. The molecule has 3 amide bonds. The van der Waals surface area contributed by atoms with E-state index in [4.69, 9.17) is 0 Å². The van der Waals surface area contributed by atoms with Crippen LogP contribution < -0.4 is 0 Å². The Morgan fingerprint density at radius 2 is 2.09 bits per heavy atom. The number of likely N-dealkylation sites (tertiary alicyclic amines) is 2. The highest BCUT2D eigenvalue weighted by Crippen LogP contribution is 2.25. The van der Waals surface area contributed by atoms with Crippen LogP contribution in [0.15, 0.2) is 17.5 Å². The number of carbonyl (C=O) groups excluding carboxylic acids is 3. The average molecular weight is 335 g/mol. The summed E-state index contributed by atoms with van der Waals surface area (Å²) in [6.45, 7) is 1.27. The fourth-order valence-corrected chi connectivity index (χ4v) is 4.04. The molecular formula is C16H21N3O3S. The normalized spacial score (nSPS) is 24.3. The van der Waals surface area contributed by atoms with E-state index < -0.39 is 12.1 Å². The molecule has 2 saturated heterocycles. The van der Waals surface area contributed by atoms with E-state index in [1.807, 2.05) is 11.4 Å². The molecule has 124 valence electrons. The highest BCUT2D eigenvalue weighted by Gasteiger charge is 2.41. The van der Waals surface area contributed by atoms with Crippen molar-refractivity contribution in [2.24, 2.45) is 0 Å². The van der Waals surface area contributed by atoms with Crippen LogP contribution in [0.1, 0.15) is 28.9 Å². The summed E-state index contributed by atoms with van der Waals surface area (Å²) in [5.41, 5.74) is 0. The number of carbonyl (C=O) groups is 3. The minimum atomic E-state index is -0.451. The maximum Gasteiger partial charge on any atom is 0.264 e. The lowest BCUT2D eigenvalue weighted by Gasteiger charge is -2.30. The van der Waals surface area contributed by atoms with Crippen LogP contribution >= 0.6 is 11.3 Å². The molecule has 2 aliphatic heterocycles. The molecule has 0 aliphatic carbocycles. The van der Waals surface area contributed by atoms with Crippen LogP contribution in [0.4, 0.5) is 0 Å². The van der Waals surface area contributed by atoms with Gasteiger partial charge in [0.05, 0.1) is 4.88 Å².